The van der Waals surface area contributed by atoms with E-state index >= 15 is 13.2 Å². The Morgan fingerprint density at radius 3 is 0.929 bits per heavy atom. The summed E-state index contributed by atoms with van der Waals surface area (Å²) in [6.45, 7) is 10.5. The molecule has 12 heteroatoms. The van der Waals surface area contributed by atoms with Gasteiger partial charge in [-0.3, -0.25) is 0 Å². The molecule has 0 saturated carbocycles. The van der Waals surface area contributed by atoms with Crippen molar-refractivity contribution in [3.05, 3.63) is 202 Å². The van der Waals surface area contributed by atoms with E-state index in [0.717, 1.165) is 258 Å². The summed E-state index contributed by atoms with van der Waals surface area (Å²) in [7, 11) is 0. The molecule has 0 fully saturated rings. The molecule has 522 valence electrons. The molecule has 0 spiro atoms. The lowest BCUT2D eigenvalue weighted by molar-refractivity contribution is -0.138. The Morgan fingerprint density at radius 1 is 0.293 bits per heavy atom. The number of unbranched alkanes of at least 4 members (excludes halogenated alkanes) is 20. The van der Waals surface area contributed by atoms with Crippen LogP contribution in [0.4, 0.5) is 39.5 Å². The number of aromatic nitrogens is 2. The minimum Gasteiger partial charge on any atom is -0.416 e. The van der Waals surface area contributed by atoms with Gasteiger partial charge in [0.25, 0.3) is 0 Å². The highest BCUT2D eigenvalue weighted by Gasteiger charge is 2.45. The second-order valence-corrected chi connectivity index (χ2v) is 28.5. The average molecular weight is 1360 g/mol. The lowest BCUT2D eigenvalue weighted by Gasteiger charge is -2.33. The van der Waals surface area contributed by atoms with E-state index in [-0.39, 0.29) is 22.9 Å². The van der Waals surface area contributed by atoms with Crippen molar-refractivity contribution in [3.63, 3.8) is 0 Å². The lowest BCUT2D eigenvalue weighted by atomic mass is 9.69. The first-order valence-electron chi connectivity index (χ1n) is 36.9. The standard InChI is InChI=1S/C87H95F9N2O/c1-6-10-14-18-22-26-38-84(39-27-23-19-15-11-7-2)78-52-59(30-34-74(78)76-36-32-61(54-80(76)84)65-47-70(87(94,95)96)56-71(88)49-65)63-44-64(46-68(45-63)83-98-97-82(99-83)67-42-58(5)43-69(48-67)86(91,92)93)60-31-35-75-77-37-33-62(66-50-72(89)57-73(90)51-66)55-81(77)85(79(75)53-60,40-28-24-20-16-12-8-3)41-29-25-21-17-13-9-4/h30-37,42-57H,6-29,38-41H2,1-5H3. The van der Waals surface area contributed by atoms with Gasteiger partial charge in [0.15, 0.2) is 0 Å². The van der Waals surface area contributed by atoms with Crippen molar-refractivity contribution in [2.24, 2.45) is 0 Å². The molecule has 1 aromatic heterocycles. The molecule has 0 N–H and O–H groups in total. The first kappa shape index (κ1) is 72.5. The molecule has 2 aliphatic rings. The van der Waals surface area contributed by atoms with Crippen LogP contribution >= 0.6 is 0 Å². The van der Waals surface area contributed by atoms with Gasteiger partial charge in [0, 0.05) is 28.0 Å². The molecule has 3 nitrogen and oxygen atoms in total. The molecule has 0 unspecified atom stereocenters. The Bertz CT molecular complexity index is 4180. The maximum Gasteiger partial charge on any atom is 0.416 e. The van der Waals surface area contributed by atoms with Crippen molar-refractivity contribution < 1.29 is 43.9 Å². The van der Waals surface area contributed by atoms with Crippen molar-refractivity contribution in [1.29, 1.82) is 0 Å². The average Bonchev–Trinajstić information content (AvgIpc) is 1.57. The van der Waals surface area contributed by atoms with Crippen molar-refractivity contribution in [2.45, 2.75) is 238 Å². The quantitative estimate of drug-likeness (QED) is 0.0298. The van der Waals surface area contributed by atoms with Crippen LogP contribution in [0, 0.1) is 24.4 Å². The molecule has 2 aliphatic carbocycles. The van der Waals surface area contributed by atoms with E-state index in [2.05, 4.69) is 92.5 Å². The largest absolute Gasteiger partial charge is 0.416 e. The number of hydrogen-bond acceptors (Lipinski definition) is 3. The molecule has 99 heavy (non-hydrogen) atoms. The topological polar surface area (TPSA) is 38.9 Å². The van der Waals surface area contributed by atoms with E-state index in [0.29, 0.717) is 28.3 Å². The number of hydrogen-bond donors (Lipinski definition) is 0. The number of benzene rings is 8. The summed E-state index contributed by atoms with van der Waals surface area (Å²) >= 11 is 0. The zero-order valence-corrected chi connectivity index (χ0v) is 58.4. The van der Waals surface area contributed by atoms with Crippen LogP contribution in [-0.4, -0.2) is 10.2 Å². The van der Waals surface area contributed by atoms with Gasteiger partial charge in [-0.2, -0.15) is 26.3 Å². The Balaban J connectivity index is 1.09. The van der Waals surface area contributed by atoms with Gasteiger partial charge >= 0.3 is 12.4 Å². The van der Waals surface area contributed by atoms with E-state index in [1.54, 1.807) is 13.0 Å². The summed E-state index contributed by atoms with van der Waals surface area (Å²) in [6, 6.07) is 41.9. The van der Waals surface area contributed by atoms with Gasteiger partial charge in [-0.1, -0.05) is 230 Å². The van der Waals surface area contributed by atoms with Crippen molar-refractivity contribution in [2.75, 3.05) is 0 Å². The SMILES string of the molecule is CCCCCCCCC1(CCCCCCCC)c2cc(-c3cc(F)cc(F)c3)ccc2-c2ccc(-c3cc(-c4ccc5c(c4)C(CCCCCCCC)(CCCCCCCC)c4cc(-c6cc(F)cc(C(F)(F)F)c6)ccc4-5)cc(-c4nnc(-c5cc(C)cc(C(F)(F)F)c5)o4)c3)cc21. The number of aryl methyl sites for hydroxylation is 1. The monoisotopic (exact) mass is 1350 g/mol. The van der Waals surface area contributed by atoms with Gasteiger partial charge in [-0.15, -0.1) is 10.2 Å². The summed E-state index contributed by atoms with van der Waals surface area (Å²) in [5, 5.41) is 8.99. The highest BCUT2D eigenvalue weighted by atomic mass is 19.4. The predicted molar refractivity (Wildman–Crippen MR) is 386 cm³/mol. The number of nitrogens with zero attached hydrogens (tertiary/aromatic N) is 2. The number of alkyl halides is 6. The normalized spacial score (nSPS) is 13.6. The lowest BCUT2D eigenvalue weighted by Crippen LogP contribution is -2.25. The van der Waals surface area contributed by atoms with Crippen molar-refractivity contribution >= 4 is 0 Å². The van der Waals surface area contributed by atoms with Gasteiger partial charge in [0.2, 0.25) is 11.8 Å². The van der Waals surface area contributed by atoms with Crippen LogP contribution in [0.3, 0.4) is 0 Å². The Hall–Kier alpha value is -7.73. The van der Waals surface area contributed by atoms with Crippen LogP contribution in [-0.2, 0) is 23.2 Å². The molecular weight excluding hydrogens is 1260 g/mol. The zero-order valence-electron chi connectivity index (χ0n) is 58.4. The van der Waals surface area contributed by atoms with Crippen LogP contribution in [0.15, 0.2) is 150 Å². The van der Waals surface area contributed by atoms with Crippen molar-refractivity contribution in [3.8, 4) is 89.7 Å². The molecule has 8 aromatic carbocycles. The molecule has 11 rings (SSSR count). The van der Waals surface area contributed by atoms with Gasteiger partial charge in [0.05, 0.1) is 11.1 Å². The summed E-state index contributed by atoms with van der Waals surface area (Å²) in [6.07, 6.45) is 20.1. The summed E-state index contributed by atoms with van der Waals surface area (Å²) < 4.78 is 138. The first-order chi connectivity index (χ1) is 47.7. The molecular formula is C87H95F9N2O. The second-order valence-electron chi connectivity index (χ2n) is 28.5. The summed E-state index contributed by atoms with van der Waals surface area (Å²) in [4.78, 5) is 0. The molecule has 0 saturated heterocycles. The summed E-state index contributed by atoms with van der Waals surface area (Å²) in [5.41, 5.74) is 12.3. The molecule has 0 aliphatic heterocycles. The van der Waals surface area contributed by atoms with Gasteiger partial charge in [-0.05, 0) is 218 Å². The minimum atomic E-state index is -4.75. The fourth-order valence-corrected chi connectivity index (χ4v) is 16.1. The fraction of sp³-hybridized carbons (Fsp3) is 0.425. The first-order valence-corrected chi connectivity index (χ1v) is 36.9. The van der Waals surface area contributed by atoms with Crippen LogP contribution in [0.1, 0.15) is 246 Å². The Labute approximate surface area is 580 Å². The molecule has 9 aromatic rings. The summed E-state index contributed by atoms with van der Waals surface area (Å²) in [5.74, 6) is -2.17. The third kappa shape index (κ3) is 16.7. The molecule has 0 amide bonds. The van der Waals surface area contributed by atoms with Gasteiger partial charge < -0.3 is 4.42 Å². The molecule has 1 heterocycles. The van der Waals surface area contributed by atoms with E-state index in [1.807, 2.05) is 36.4 Å². The van der Waals surface area contributed by atoms with E-state index < -0.39 is 51.8 Å². The second kappa shape index (κ2) is 32.3. The maximum absolute atomic E-state index is 15.3. The van der Waals surface area contributed by atoms with Crippen molar-refractivity contribution in [1.82, 2.24) is 10.2 Å². The number of fused-ring (bicyclic) bond motifs is 6. The predicted octanol–water partition coefficient (Wildman–Crippen LogP) is 28.4. The minimum absolute atomic E-state index is 0.0623. The van der Waals surface area contributed by atoms with E-state index in [1.165, 1.54) is 36.6 Å². The van der Waals surface area contributed by atoms with Gasteiger partial charge in [-0.25, -0.2) is 13.2 Å². The van der Waals surface area contributed by atoms with Crippen LogP contribution in [0.5, 0.6) is 0 Å². The maximum atomic E-state index is 15.3. The Morgan fingerprint density at radius 2 is 0.576 bits per heavy atom. The Kier molecular flexibility index (Phi) is 23.6. The smallest absolute Gasteiger partial charge is 0.416 e. The highest BCUT2D eigenvalue weighted by Crippen LogP contribution is 2.58. The molecule has 0 atom stereocenters. The van der Waals surface area contributed by atoms with Crippen LogP contribution in [0.2, 0.25) is 0 Å². The molecule has 0 radical (unpaired) electrons. The fourth-order valence-electron chi connectivity index (χ4n) is 16.1. The van der Waals surface area contributed by atoms with E-state index in [4.69, 9.17) is 4.42 Å². The number of halogens is 9. The number of rotatable bonds is 34. The molecule has 0 bridgehead atoms. The van der Waals surface area contributed by atoms with Crippen LogP contribution < -0.4 is 0 Å². The zero-order chi connectivity index (χ0) is 69.9. The third-order valence-corrected chi connectivity index (χ3v) is 21.2. The van der Waals surface area contributed by atoms with E-state index in [9.17, 15) is 26.3 Å². The van der Waals surface area contributed by atoms with Crippen LogP contribution in [0.25, 0.3) is 89.7 Å². The van der Waals surface area contributed by atoms with Gasteiger partial charge in [0.1, 0.15) is 17.5 Å². The third-order valence-electron chi connectivity index (χ3n) is 21.2. The highest BCUT2D eigenvalue weighted by molar-refractivity contribution is 5.90.